The number of benzene rings is 1. The van der Waals surface area contributed by atoms with Crippen molar-refractivity contribution in [1.82, 2.24) is 0 Å². The van der Waals surface area contributed by atoms with E-state index >= 15 is 0 Å². The van der Waals surface area contributed by atoms with E-state index in [9.17, 15) is 29.1 Å². The van der Waals surface area contributed by atoms with Crippen molar-refractivity contribution in [3.05, 3.63) is 39.4 Å². The molecular weight excluding hydrogens is 272 g/mol. The highest BCUT2D eigenvalue weighted by Gasteiger charge is 2.26. The summed E-state index contributed by atoms with van der Waals surface area (Å²) in [7, 11) is 0. The van der Waals surface area contributed by atoms with Crippen molar-refractivity contribution in [2.45, 2.75) is 18.6 Å². The van der Waals surface area contributed by atoms with E-state index in [1.54, 1.807) is 0 Å². The van der Waals surface area contributed by atoms with E-state index in [0.717, 1.165) is 0 Å². The molecule has 8 heteroatoms. The van der Waals surface area contributed by atoms with Crippen LogP contribution in [0.3, 0.4) is 0 Å². The van der Waals surface area contributed by atoms with Gasteiger partial charge in [-0.05, 0) is 6.42 Å². The minimum atomic E-state index is -1.71. The van der Waals surface area contributed by atoms with Crippen LogP contribution in [0.2, 0.25) is 0 Å². The molecule has 0 spiro atoms. The third kappa shape index (κ3) is 3.12. The molecule has 0 saturated carbocycles. The van der Waals surface area contributed by atoms with Gasteiger partial charge in [0.1, 0.15) is 11.9 Å². The summed E-state index contributed by atoms with van der Waals surface area (Å²) < 4.78 is 26.4. The fourth-order valence-corrected chi connectivity index (χ4v) is 1.62. The molecular formula is C10H10ClF2NO4. The summed E-state index contributed by atoms with van der Waals surface area (Å²) in [4.78, 5) is 9.44. The molecule has 0 heterocycles. The Balaban J connectivity index is 3.15. The summed E-state index contributed by atoms with van der Waals surface area (Å²) in [5, 5.41) is 29.5. The highest BCUT2D eigenvalue weighted by Crippen LogP contribution is 2.28. The van der Waals surface area contributed by atoms with Crippen molar-refractivity contribution in [2.24, 2.45) is 0 Å². The number of nitro benzene ring substituents is 1. The van der Waals surface area contributed by atoms with Crippen LogP contribution in [-0.4, -0.2) is 27.1 Å². The van der Waals surface area contributed by atoms with Gasteiger partial charge in [-0.1, -0.05) is 0 Å². The van der Waals surface area contributed by atoms with Gasteiger partial charge in [-0.3, -0.25) is 10.1 Å². The van der Waals surface area contributed by atoms with Crippen LogP contribution in [0.1, 0.15) is 18.1 Å². The lowest BCUT2D eigenvalue weighted by atomic mass is 10.0. The van der Waals surface area contributed by atoms with E-state index in [1.165, 1.54) is 0 Å². The first-order chi connectivity index (χ1) is 8.38. The van der Waals surface area contributed by atoms with Crippen LogP contribution in [0.15, 0.2) is 12.1 Å². The predicted octanol–water partition coefficient (Wildman–Crippen LogP) is 1.90. The van der Waals surface area contributed by atoms with Gasteiger partial charge in [-0.25, -0.2) is 4.39 Å². The molecule has 1 rings (SSSR count). The fourth-order valence-electron chi connectivity index (χ4n) is 1.40. The van der Waals surface area contributed by atoms with Crippen molar-refractivity contribution >= 4 is 17.3 Å². The quantitative estimate of drug-likeness (QED) is 0.490. The molecule has 5 nitrogen and oxygen atoms in total. The van der Waals surface area contributed by atoms with Gasteiger partial charge in [0.05, 0.1) is 11.0 Å². The molecule has 100 valence electrons. The summed E-state index contributed by atoms with van der Waals surface area (Å²) in [6, 6.07) is 0.858. The number of hydrogen-bond acceptors (Lipinski definition) is 4. The van der Waals surface area contributed by atoms with Crippen molar-refractivity contribution in [3.63, 3.8) is 0 Å². The molecule has 0 aliphatic rings. The van der Waals surface area contributed by atoms with Crippen molar-refractivity contribution in [3.8, 4) is 0 Å². The summed E-state index contributed by atoms with van der Waals surface area (Å²) in [6.45, 7) is 0. The molecule has 0 radical (unpaired) electrons. The number of nitrogens with zero attached hydrogens (tertiary/aromatic N) is 1. The Bertz CT molecular complexity index is 458. The Morgan fingerprint density at radius 3 is 2.44 bits per heavy atom. The molecule has 0 fully saturated rings. The molecule has 0 aliphatic heterocycles. The molecule has 2 unspecified atom stereocenters. The van der Waals surface area contributed by atoms with Gasteiger partial charge in [0, 0.05) is 23.6 Å². The molecule has 2 N–H and O–H groups in total. The zero-order chi connectivity index (χ0) is 13.9. The lowest BCUT2D eigenvalue weighted by molar-refractivity contribution is -0.387. The Hall–Kier alpha value is -1.31. The van der Waals surface area contributed by atoms with E-state index in [4.69, 9.17) is 11.6 Å². The average Bonchev–Trinajstić information content (AvgIpc) is 2.28. The summed E-state index contributed by atoms with van der Waals surface area (Å²) in [5.41, 5.74) is -1.51. The van der Waals surface area contributed by atoms with Gasteiger partial charge in [0.25, 0.3) is 0 Å². The van der Waals surface area contributed by atoms with Crippen LogP contribution in [-0.2, 0) is 0 Å². The van der Waals surface area contributed by atoms with Crippen LogP contribution in [0.5, 0.6) is 0 Å². The zero-order valence-electron chi connectivity index (χ0n) is 9.02. The number of hydrogen-bond donors (Lipinski definition) is 2. The van der Waals surface area contributed by atoms with Crippen LogP contribution < -0.4 is 0 Å². The molecule has 1 aromatic carbocycles. The maximum atomic E-state index is 13.4. The second kappa shape index (κ2) is 6.03. The van der Waals surface area contributed by atoms with Crippen LogP contribution in [0, 0.1) is 21.7 Å². The predicted molar refractivity (Wildman–Crippen MR) is 59.3 cm³/mol. The highest BCUT2D eigenvalue weighted by molar-refractivity contribution is 6.17. The molecule has 0 saturated heterocycles. The Morgan fingerprint density at radius 2 is 1.94 bits per heavy atom. The molecule has 0 aromatic heterocycles. The number of nitro groups is 1. The Labute approximate surface area is 106 Å². The van der Waals surface area contributed by atoms with Gasteiger partial charge in [0.2, 0.25) is 5.82 Å². The first-order valence-electron chi connectivity index (χ1n) is 4.94. The maximum absolute atomic E-state index is 13.4. The minimum absolute atomic E-state index is 0.0170. The van der Waals surface area contributed by atoms with Crippen LogP contribution >= 0.6 is 11.6 Å². The monoisotopic (exact) mass is 281 g/mol. The highest BCUT2D eigenvalue weighted by atomic mass is 35.5. The van der Waals surface area contributed by atoms with Crippen molar-refractivity contribution in [2.75, 3.05) is 5.88 Å². The van der Waals surface area contributed by atoms with E-state index < -0.39 is 40.0 Å². The number of alkyl halides is 1. The molecule has 0 bridgehead atoms. The van der Waals surface area contributed by atoms with E-state index in [-0.39, 0.29) is 12.3 Å². The number of aliphatic hydroxyl groups is 2. The zero-order valence-corrected chi connectivity index (χ0v) is 9.77. The second-order valence-corrected chi connectivity index (χ2v) is 3.95. The minimum Gasteiger partial charge on any atom is -0.390 e. The van der Waals surface area contributed by atoms with Gasteiger partial charge in [0.15, 0.2) is 0 Å². The number of halogens is 3. The lowest BCUT2D eigenvalue weighted by Crippen LogP contribution is -2.20. The van der Waals surface area contributed by atoms with Crippen molar-refractivity contribution in [1.29, 1.82) is 0 Å². The first kappa shape index (κ1) is 14.7. The first-order valence-corrected chi connectivity index (χ1v) is 5.47. The van der Waals surface area contributed by atoms with Crippen LogP contribution in [0.4, 0.5) is 14.5 Å². The normalized spacial score (nSPS) is 14.3. The maximum Gasteiger partial charge on any atom is 0.305 e. The summed E-state index contributed by atoms with van der Waals surface area (Å²) >= 11 is 5.34. The van der Waals surface area contributed by atoms with Gasteiger partial charge in [-0.15, -0.1) is 11.6 Å². The smallest absolute Gasteiger partial charge is 0.305 e. The molecule has 0 amide bonds. The SMILES string of the molecule is O=[N+]([O-])c1cc(C(O)C(O)CCCl)c(F)cc1F. The Kier molecular flexibility index (Phi) is 4.94. The second-order valence-electron chi connectivity index (χ2n) is 3.57. The van der Waals surface area contributed by atoms with E-state index in [2.05, 4.69) is 0 Å². The molecule has 18 heavy (non-hydrogen) atoms. The Morgan fingerprint density at radius 1 is 1.33 bits per heavy atom. The van der Waals surface area contributed by atoms with E-state index in [1.807, 2.05) is 0 Å². The largest absolute Gasteiger partial charge is 0.390 e. The van der Waals surface area contributed by atoms with Crippen molar-refractivity contribution < 1.29 is 23.9 Å². The standard InChI is InChI=1S/C10H10ClF2NO4/c11-2-1-9(15)10(16)5-3-8(14(17)18)7(13)4-6(5)12/h3-4,9-10,15-16H,1-2H2. The fraction of sp³-hybridized carbons (Fsp3) is 0.400. The third-order valence-corrected chi connectivity index (χ3v) is 2.57. The van der Waals surface area contributed by atoms with Gasteiger partial charge >= 0.3 is 5.69 Å². The number of rotatable bonds is 5. The lowest BCUT2D eigenvalue weighted by Gasteiger charge is -2.17. The molecule has 1 aromatic rings. The third-order valence-electron chi connectivity index (χ3n) is 2.35. The topological polar surface area (TPSA) is 83.6 Å². The molecule has 2 atom stereocenters. The van der Waals surface area contributed by atoms with Gasteiger partial charge < -0.3 is 10.2 Å². The van der Waals surface area contributed by atoms with Crippen LogP contribution in [0.25, 0.3) is 0 Å². The average molecular weight is 282 g/mol. The van der Waals surface area contributed by atoms with E-state index in [0.29, 0.717) is 12.1 Å². The number of aliphatic hydroxyl groups excluding tert-OH is 2. The molecule has 0 aliphatic carbocycles. The summed E-state index contributed by atoms with van der Waals surface area (Å²) in [6.07, 6.45) is -3.13. The van der Waals surface area contributed by atoms with Gasteiger partial charge in [-0.2, -0.15) is 4.39 Å². The summed E-state index contributed by atoms with van der Waals surface area (Å²) in [5.74, 6) is -2.50.